The van der Waals surface area contributed by atoms with Crippen LogP contribution in [0.3, 0.4) is 0 Å². The maximum atomic E-state index is 11.6. The standard InChI is InChI=1S/C17H29NO4/c1-3-4-5-6-7-8-9-10-12-16(20)18-15(2)17(21)22-14-11-13-19/h10,12,19H,2-9,11,13-14H2,1H3,(H,18,20). The van der Waals surface area contributed by atoms with Gasteiger partial charge in [-0.2, -0.15) is 0 Å². The highest BCUT2D eigenvalue weighted by Crippen LogP contribution is 2.07. The van der Waals surface area contributed by atoms with Crippen LogP contribution in [0.5, 0.6) is 0 Å². The number of esters is 1. The molecule has 0 bridgehead atoms. The summed E-state index contributed by atoms with van der Waals surface area (Å²) in [6.45, 7) is 5.71. The minimum Gasteiger partial charge on any atom is -0.461 e. The topological polar surface area (TPSA) is 75.6 Å². The number of nitrogens with one attached hydrogen (secondary N) is 1. The Bertz CT molecular complexity index is 364. The highest BCUT2D eigenvalue weighted by Gasteiger charge is 2.09. The minimum atomic E-state index is -0.675. The lowest BCUT2D eigenvalue weighted by atomic mass is 10.1. The van der Waals surface area contributed by atoms with E-state index >= 15 is 0 Å². The van der Waals surface area contributed by atoms with Crippen LogP contribution < -0.4 is 5.32 Å². The Labute approximate surface area is 133 Å². The fourth-order valence-corrected chi connectivity index (χ4v) is 1.79. The molecule has 0 heterocycles. The Morgan fingerprint density at radius 2 is 1.82 bits per heavy atom. The van der Waals surface area contributed by atoms with Crippen LogP contribution in [-0.4, -0.2) is 30.2 Å². The molecule has 0 aromatic carbocycles. The SMILES string of the molecule is C=C(NC(=O)C=CCCCCCCCC)C(=O)OCCCO. The number of rotatable bonds is 13. The zero-order chi connectivity index (χ0) is 16.6. The van der Waals surface area contributed by atoms with Crippen molar-refractivity contribution in [1.82, 2.24) is 5.32 Å². The Kier molecular flexibility index (Phi) is 13.3. The van der Waals surface area contributed by atoms with E-state index < -0.39 is 5.97 Å². The van der Waals surface area contributed by atoms with Crippen LogP contribution >= 0.6 is 0 Å². The zero-order valence-corrected chi connectivity index (χ0v) is 13.6. The smallest absolute Gasteiger partial charge is 0.354 e. The van der Waals surface area contributed by atoms with Crippen molar-refractivity contribution in [3.05, 3.63) is 24.4 Å². The number of amides is 1. The van der Waals surface area contributed by atoms with E-state index in [1.165, 1.54) is 38.2 Å². The number of aliphatic hydroxyl groups excluding tert-OH is 1. The zero-order valence-electron chi connectivity index (χ0n) is 13.6. The van der Waals surface area contributed by atoms with Crippen molar-refractivity contribution < 1.29 is 19.4 Å². The summed E-state index contributed by atoms with van der Waals surface area (Å²) >= 11 is 0. The molecular formula is C17H29NO4. The van der Waals surface area contributed by atoms with E-state index in [4.69, 9.17) is 9.84 Å². The van der Waals surface area contributed by atoms with Gasteiger partial charge >= 0.3 is 5.97 Å². The molecule has 0 fully saturated rings. The molecule has 0 saturated heterocycles. The summed E-state index contributed by atoms with van der Waals surface area (Å²) in [5, 5.41) is 10.9. The molecule has 22 heavy (non-hydrogen) atoms. The second-order valence-corrected chi connectivity index (χ2v) is 5.14. The van der Waals surface area contributed by atoms with Crippen molar-refractivity contribution in [2.45, 2.75) is 58.3 Å². The molecular weight excluding hydrogens is 282 g/mol. The van der Waals surface area contributed by atoms with E-state index in [-0.39, 0.29) is 24.8 Å². The van der Waals surface area contributed by atoms with Crippen LogP contribution in [0.1, 0.15) is 58.3 Å². The van der Waals surface area contributed by atoms with Gasteiger partial charge in [-0.15, -0.1) is 0 Å². The molecule has 0 aromatic rings. The van der Waals surface area contributed by atoms with Crippen molar-refractivity contribution in [2.75, 3.05) is 13.2 Å². The Hall–Kier alpha value is -1.62. The van der Waals surface area contributed by atoms with Crippen molar-refractivity contribution in [2.24, 2.45) is 0 Å². The number of carbonyl (C=O) groups excluding carboxylic acids is 2. The van der Waals surface area contributed by atoms with Crippen molar-refractivity contribution >= 4 is 11.9 Å². The minimum absolute atomic E-state index is 0.0483. The maximum absolute atomic E-state index is 11.6. The van der Waals surface area contributed by atoms with Gasteiger partial charge in [0.1, 0.15) is 5.70 Å². The summed E-state index contributed by atoms with van der Waals surface area (Å²) in [5.41, 5.74) is -0.0906. The average Bonchev–Trinajstić information content (AvgIpc) is 2.50. The quantitative estimate of drug-likeness (QED) is 0.311. The third-order valence-corrected chi connectivity index (χ3v) is 3.05. The fourth-order valence-electron chi connectivity index (χ4n) is 1.79. The second-order valence-electron chi connectivity index (χ2n) is 5.14. The first kappa shape index (κ1) is 20.4. The largest absolute Gasteiger partial charge is 0.461 e. The molecule has 0 unspecified atom stereocenters. The van der Waals surface area contributed by atoms with E-state index in [0.29, 0.717) is 6.42 Å². The summed E-state index contributed by atoms with van der Waals surface area (Å²) in [4.78, 5) is 23.0. The number of hydrogen-bond acceptors (Lipinski definition) is 4. The van der Waals surface area contributed by atoms with Gasteiger partial charge in [-0.3, -0.25) is 4.79 Å². The van der Waals surface area contributed by atoms with Gasteiger partial charge in [-0.1, -0.05) is 51.7 Å². The number of hydrogen-bond donors (Lipinski definition) is 2. The summed E-state index contributed by atoms with van der Waals surface area (Å²) in [7, 11) is 0. The summed E-state index contributed by atoms with van der Waals surface area (Å²) in [5.74, 6) is -1.05. The molecule has 0 aromatic heterocycles. The van der Waals surface area contributed by atoms with Crippen molar-refractivity contribution in [3.63, 3.8) is 0 Å². The van der Waals surface area contributed by atoms with Gasteiger partial charge < -0.3 is 15.2 Å². The first-order valence-electron chi connectivity index (χ1n) is 8.06. The van der Waals surface area contributed by atoms with Crippen molar-refractivity contribution in [1.29, 1.82) is 0 Å². The number of unbranched alkanes of at least 4 members (excludes halogenated alkanes) is 6. The first-order chi connectivity index (χ1) is 10.6. The lowest BCUT2D eigenvalue weighted by Crippen LogP contribution is -2.26. The maximum Gasteiger partial charge on any atom is 0.354 e. The number of aliphatic hydroxyl groups is 1. The van der Waals surface area contributed by atoms with Crippen LogP contribution in [0, 0.1) is 0 Å². The molecule has 0 rings (SSSR count). The molecule has 0 atom stereocenters. The van der Waals surface area contributed by atoms with Gasteiger partial charge in [-0.05, 0) is 18.9 Å². The van der Waals surface area contributed by atoms with Crippen LogP contribution in [0.4, 0.5) is 0 Å². The number of carbonyl (C=O) groups is 2. The molecule has 0 spiro atoms. The molecule has 0 saturated carbocycles. The van der Waals surface area contributed by atoms with Gasteiger partial charge in [0, 0.05) is 13.0 Å². The highest BCUT2D eigenvalue weighted by molar-refractivity contribution is 5.97. The lowest BCUT2D eigenvalue weighted by Gasteiger charge is -2.06. The Morgan fingerprint density at radius 3 is 2.50 bits per heavy atom. The number of allylic oxidation sites excluding steroid dienone is 1. The molecule has 0 aliphatic heterocycles. The predicted molar refractivity (Wildman–Crippen MR) is 87.1 cm³/mol. The van der Waals surface area contributed by atoms with Gasteiger partial charge in [-0.25, -0.2) is 4.79 Å². The Morgan fingerprint density at radius 1 is 1.14 bits per heavy atom. The van der Waals surface area contributed by atoms with Gasteiger partial charge in [0.05, 0.1) is 6.61 Å². The molecule has 0 radical (unpaired) electrons. The molecule has 2 N–H and O–H groups in total. The highest BCUT2D eigenvalue weighted by atomic mass is 16.5. The average molecular weight is 311 g/mol. The molecule has 5 nitrogen and oxygen atoms in total. The molecule has 0 aliphatic carbocycles. The summed E-state index contributed by atoms with van der Waals surface area (Å²) in [6, 6.07) is 0. The summed E-state index contributed by atoms with van der Waals surface area (Å²) < 4.78 is 4.80. The van der Waals surface area contributed by atoms with Crippen LogP contribution in [0.2, 0.25) is 0 Å². The van der Waals surface area contributed by atoms with E-state index in [1.807, 2.05) is 0 Å². The van der Waals surface area contributed by atoms with Crippen molar-refractivity contribution in [3.8, 4) is 0 Å². The van der Waals surface area contributed by atoms with E-state index in [9.17, 15) is 9.59 Å². The molecule has 126 valence electrons. The monoisotopic (exact) mass is 311 g/mol. The normalized spacial score (nSPS) is 10.6. The lowest BCUT2D eigenvalue weighted by molar-refractivity contribution is -0.140. The third kappa shape index (κ3) is 12.1. The number of ether oxygens (including phenoxy) is 1. The predicted octanol–water partition coefficient (Wildman–Crippen LogP) is 2.85. The molecule has 1 amide bonds. The van der Waals surface area contributed by atoms with E-state index in [1.54, 1.807) is 6.08 Å². The third-order valence-electron chi connectivity index (χ3n) is 3.05. The second kappa shape index (κ2) is 14.3. The van der Waals surface area contributed by atoms with E-state index in [2.05, 4.69) is 18.8 Å². The van der Waals surface area contributed by atoms with Gasteiger partial charge in [0.2, 0.25) is 5.91 Å². The first-order valence-corrected chi connectivity index (χ1v) is 8.06. The fraction of sp³-hybridized carbons (Fsp3) is 0.647. The van der Waals surface area contributed by atoms with Crippen LogP contribution in [0.25, 0.3) is 0 Å². The molecule has 0 aliphatic rings. The molecule has 5 heteroatoms. The Balaban J connectivity index is 3.72. The van der Waals surface area contributed by atoms with Gasteiger partial charge in [0.15, 0.2) is 0 Å². The summed E-state index contributed by atoms with van der Waals surface area (Å²) in [6.07, 6.45) is 11.7. The van der Waals surface area contributed by atoms with E-state index in [0.717, 1.165) is 12.8 Å². The van der Waals surface area contributed by atoms with Gasteiger partial charge in [0.25, 0.3) is 0 Å². The van der Waals surface area contributed by atoms with Crippen LogP contribution in [-0.2, 0) is 14.3 Å². The van der Waals surface area contributed by atoms with Crippen LogP contribution in [0.15, 0.2) is 24.4 Å².